The van der Waals surface area contributed by atoms with Crippen LogP contribution in [0, 0.1) is 5.92 Å². The Labute approximate surface area is 156 Å². The molecule has 3 nitrogen and oxygen atoms in total. The second-order valence-electron chi connectivity index (χ2n) is 7.56. The molecule has 1 aliphatic carbocycles. The first-order valence-electron chi connectivity index (χ1n) is 9.64. The molecule has 3 heteroatoms. The Balaban J connectivity index is 1.64. The summed E-state index contributed by atoms with van der Waals surface area (Å²) in [5, 5.41) is 3.81. The standard InChI is InChI=1S/C23H28N2O/c1-4-14-26-18-12-13-22-21(15-18)19-6-5-7-20(19)23(24-22)16-8-10-17(11-9-16)25(2)3/h5-6,8-13,15,19-20,23-24H,4,7,14H2,1-3H3. The molecule has 0 bridgehead atoms. The highest BCUT2D eigenvalue weighted by Crippen LogP contribution is 2.50. The van der Waals surface area contributed by atoms with E-state index in [0.717, 1.165) is 25.2 Å². The zero-order valence-corrected chi connectivity index (χ0v) is 15.9. The Bertz CT molecular complexity index is 794. The minimum absolute atomic E-state index is 0.348. The molecule has 0 saturated carbocycles. The Morgan fingerprint density at radius 1 is 1.12 bits per heavy atom. The lowest BCUT2D eigenvalue weighted by molar-refractivity contribution is 0.316. The fourth-order valence-corrected chi connectivity index (χ4v) is 4.19. The van der Waals surface area contributed by atoms with Crippen LogP contribution in [0.2, 0.25) is 0 Å². The van der Waals surface area contributed by atoms with Gasteiger partial charge in [-0.15, -0.1) is 0 Å². The molecule has 3 atom stereocenters. The van der Waals surface area contributed by atoms with Gasteiger partial charge in [0.2, 0.25) is 0 Å². The van der Waals surface area contributed by atoms with Gasteiger partial charge in [0.1, 0.15) is 5.75 Å². The Morgan fingerprint density at radius 2 is 1.92 bits per heavy atom. The monoisotopic (exact) mass is 348 g/mol. The van der Waals surface area contributed by atoms with Gasteiger partial charge in [0, 0.05) is 31.4 Å². The van der Waals surface area contributed by atoms with Crippen molar-refractivity contribution >= 4 is 11.4 Å². The summed E-state index contributed by atoms with van der Waals surface area (Å²) >= 11 is 0. The van der Waals surface area contributed by atoms with Crippen molar-refractivity contribution < 1.29 is 4.74 Å². The highest BCUT2D eigenvalue weighted by molar-refractivity contribution is 5.62. The van der Waals surface area contributed by atoms with Crippen LogP contribution in [0.4, 0.5) is 11.4 Å². The number of benzene rings is 2. The van der Waals surface area contributed by atoms with Gasteiger partial charge in [-0.1, -0.05) is 31.2 Å². The quantitative estimate of drug-likeness (QED) is 0.735. The first kappa shape index (κ1) is 17.0. The van der Waals surface area contributed by atoms with Gasteiger partial charge < -0.3 is 15.0 Å². The molecule has 0 saturated heterocycles. The zero-order valence-electron chi connectivity index (χ0n) is 15.9. The number of nitrogens with one attached hydrogen (secondary N) is 1. The molecule has 0 spiro atoms. The molecule has 0 amide bonds. The van der Waals surface area contributed by atoms with Gasteiger partial charge in [0.25, 0.3) is 0 Å². The molecule has 4 rings (SSSR count). The Kier molecular flexibility index (Phi) is 4.62. The van der Waals surface area contributed by atoms with Crippen LogP contribution in [0.15, 0.2) is 54.6 Å². The summed E-state index contributed by atoms with van der Waals surface area (Å²) in [5.74, 6) is 2.02. The molecule has 26 heavy (non-hydrogen) atoms. The molecular formula is C23H28N2O. The molecule has 1 N–H and O–H groups in total. The van der Waals surface area contributed by atoms with E-state index in [2.05, 4.69) is 85.9 Å². The van der Waals surface area contributed by atoms with E-state index >= 15 is 0 Å². The molecule has 0 aromatic heterocycles. The predicted octanol–water partition coefficient (Wildman–Crippen LogP) is 5.37. The topological polar surface area (TPSA) is 24.5 Å². The Morgan fingerprint density at radius 3 is 2.65 bits per heavy atom. The molecule has 2 aliphatic rings. The summed E-state index contributed by atoms with van der Waals surface area (Å²) in [5.41, 5.74) is 5.22. The van der Waals surface area contributed by atoms with Gasteiger partial charge in [-0.2, -0.15) is 0 Å². The van der Waals surface area contributed by atoms with E-state index in [1.165, 1.54) is 22.5 Å². The lowest BCUT2D eigenvalue weighted by Crippen LogP contribution is -2.29. The molecule has 2 aromatic carbocycles. The minimum Gasteiger partial charge on any atom is -0.494 e. The molecule has 136 valence electrons. The second kappa shape index (κ2) is 7.06. The minimum atomic E-state index is 0.348. The maximum absolute atomic E-state index is 5.86. The fourth-order valence-electron chi connectivity index (χ4n) is 4.19. The van der Waals surface area contributed by atoms with E-state index in [-0.39, 0.29) is 0 Å². The van der Waals surface area contributed by atoms with Gasteiger partial charge in [-0.05, 0) is 60.2 Å². The van der Waals surface area contributed by atoms with Crippen LogP contribution in [0.3, 0.4) is 0 Å². The van der Waals surface area contributed by atoms with Crippen molar-refractivity contribution in [1.29, 1.82) is 0 Å². The van der Waals surface area contributed by atoms with Crippen molar-refractivity contribution in [3.8, 4) is 5.75 Å². The first-order chi connectivity index (χ1) is 12.7. The van der Waals surface area contributed by atoms with E-state index in [0.29, 0.717) is 17.9 Å². The summed E-state index contributed by atoms with van der Waals surface area (Å²) in [7, 11) is 4.17. The van der Waals surface area contributed by atoms with E-state index < -0.39 is 0 Å². The van der Waals surface area contributed by atoms with Crippen molar-refractivity contribution in [2.24, 2.45) is 5.92 Å². The van der Waals surface area contributed by atoms with Crippen LogP contribution in [-0.4, -0.2) is 20.7 Å². The smallest absolute Gasteiger partial charge is 0.119 e. The lowest BCUT2D eigenvalue weighted by atomic mass is 9.77. The Hall–Kier alpha value is -2.42. The average Bonchev–Trinajstić information content (AvgIpc) is 3.16. The van der Waals surface area contributed by atoms with Crippen molar-refractivity contribution in [1.82, 2.24) is 0 Å². The van der Waals surface area contributed by atoms with Crippen LogP contribution in [0.25, 0.3) is 0 Å². The molecule has 1 aliphatic heterocycles. The third-order valence-corrected chi connectivity index (χ3v) is 5.58. The van der Waals surface area contributed by atoms with Gasteiger partial charge in [0.05, 0.1) is 12.6 Å². The number of anilines is 2. The zero-order chi connectivity index (χ0) is 18.1. The highest BCUT2D eigenvalue weighted by Gasteiger charge is 2.38. The summed E-state index contributed by atoms with van der Waals surface area (Å²) in [6.07, 6.45) is 6.88. The highest BCUT2D eigenvalue weighted by atomic mass is 16.5. The summed E-state index contributed by atoms with van der Waals surface area (Å²) in [6, 6.07) is 15.8. The predicted molar refractivity (Wildman–Crippen MR) is 109 cm³/mol. The normalized spacial score (nSPS) is 23.1. The SMILES string of the molecule is CCCOc1ccc2c(c1)C1C=CCC1C(c1ccc(N(C)C)cc1)N2. The van der Waals surface area contributed by atoms with Crippen molar-refractivity contribution in [2.45, 2.75) is 31.7 Å². The first-order valence-corrected chi connectivity index (χ1v) is 9.64. The average molecular weight is 348 g/mol. The largest absolute Gasteiger partial charge is 0.494 e. The number of hydrogen-bond donors (Lipinski definition) is 1. The fraction of sp³-hybridized carbons (Fsp3) is 0.391. The number of ether oxygens (including phenoxy) is 1. The molecule has 3 unspecified atom stereocenters. The van der Waals surface area contributed by atoms with Gasteiger partial charge in [-0.25, -0.2) is 0 Å². The third-order valence-electron chi connectivity index (χ3n) is 5.58. The van der Waals surface area contributed by atoms with Crippen molar-refractivity contribution in [2.75, 3.05) is 30.9 Å². The summed E-state index contributed by atoms with van der Waals surface area (Å²) < 4.78 is 5.86. The van der Waals surface area contributed by atoms with Crippen molar-refractivity contribution in [3.63, 3.8) is 0 Å². The number of allylic oxidation sites excluding steroid dienone is 2. The molecule has 2 aromatic rings. The van der Waals surface area contributed by atoms with Crippen LogP contribution < -0.4 is 15.0 Å². The maximum Gasteiger partial charge on any atom is 0.119 e. The second-order valence-corrected chi connectivity index (χ2v) is 7.56. The van der Waals surface area contributed by atoms with E-state index in [1.54, 1.807) is 0 Å². The maximum atomic E-state index is 5.86. The van der Waals surface area contributed by atoms with Crippen LogP contribution >= 0.6 is 0 Å². The number of hydrogen-bond acceptors (Lipinski definition) is 3. The summed E-state index contributed by atoms with van der Waals surface area (Å²) in [4.78, 5) is 2.14. The van der Waals surface area contributed by atoms with Crippen LogP contribution in [0.1, 0.15) is 42.9 Å². The van der Waals surface area contributed by atoms with Gasteiger partial charge in [0.15, 0.2) is 0 Å². The molecule has 0 radical (unpaired) electrons. The van der Waals surface area contributed by atoms with Crippen LogP contribution in [-0.2, 0) is 0 Å². The van der Waals surface area contributed by atoms with Gasteiger partial charge in [-0.3, -0.25) is 0 Å². The third kappa shape index (κ3) is 3.07. The molecule has 0 fully saturated rings. The van der Waals surface area contributed by atoms with Crippen molar-refractivity contribution in [3.05, 3.63) is 65.7 Å². The van der Waals surface area contributed by atoms with Crippen LogP contribution in [0.5, 0.6) is 5.75 Å². The number of fused-ring (bicyclic) bond motifs is 3. The van der Waals surface area contributed by atoms with E-state index in [4.69, 9.17) is 4.74 Å². The van der Waals surface area contributed by atoms with E-state index in [9.17, 15) is 0 Å². The van der Waals surface area contributed by atoms with E-state index in [1.807, 2.05) is 0 Å². The number of nitrogens with zero attached hydrogens (tertiary/aromatic N) is 1. The number of rotatable bonds is 5. The summed E-state index contributed by atoms with van der Waals surface area (Å²) in [6.45, 7) is 2.92. The van der Waals surface area contributed by atoms with Gasteiger partial charge >= 0.3 is 0 Å². The molecule has 1 heterocycles. The molecular weight excluding hydrogens is 320 g/mol. The lowest BCUT2D eigenvalue weighted by Gasteiger charge is -2.37.